The lowest BCUT2D eigenvalue weighted by Gasteiger charge is -2.08. The van der Waals surface area contributed by atoms with E-state index in [1.54, 1.807) is 53.9 Å². The molecule has 33 heavy (non-hydrogen) atoms. The van der Waals surface area contributed by atoms with Crippen LogP contribution in [0.15, 0.2) is 98.2 Å². The predicted octanol–water partition coefficient (Wildman–Crippen LogP) is 5.36. The fourth-order valence-corrected chi connectivity index (χ4v) is 6.12. The van der Waals surface area contributed by atoms with Gasteiger partial charge in [0.05, 0.1) is 11.3 Å². The molecule has 0 atom stereocenters. The zero-order valence-electron chi connectivity index (χ0n) is 17.6. The van der Waals surface area contributed by atoms with Crippen molar-refractivity contribution < 1.29 is 17.9 Å². The van der Waals surface area contributed by atoms with Gasteiger partial charge < -0.3 is 9.30 Å². The standard InChI is InChI=1S/C24H20N2O4S3/c1-2-3-15-26-21(17-32-24(26)25-33(28,29)22-10-7-16-31-22)18-11-13-20(14-12-18)30-23(27)19-8-5-4-6-9-19/h2-14,16-17H,15H2,1H3/b3-2+,25-24-. The van der Waals surface area contributed by atoms with Crippen LogP contribution in [0.3, 0.4) is 0 Å². The average molecular weight is 497 g/mol. The van der Waals surface area contributed by atoms with Crippen molar-refractivity contribution >= 4 is 38.7 Å². The van der Waals surface area contributed by atoms with Crippen LogP contribution in [-0.2, 0) is 16.6 Å². The van der Waals surface area contributed by atoms with Crippen LogP contribution in [0.1, 0.15) is 17.3 Å². The Morgan fingerprint density at radius 1 is 1.03 bits per heavy atom. The molecule has 0 fully saturated rings. The van der Waals surface area contributed by atoms with E-state index in [4.69, 9.17) is 4.74 Å². The van der Waals surface area contributed by atoms with Crippen molar-refractivity contribution in [3.05, 3.63) is 100 Å². The largest absolute Gasteiger partial charge is 0.423 e. The molecular weight excluding hydrogens is 476 g/mol. The van der Waals surface area contributed by atoms with E-state index < -0.39 is 16.0 Å². The molecule has 2 heterocycles. The van der Waals surface area contributed by atoms with E-state index in [1.807, 2.05) is 47.2 Å². The molecule has 0 saturated carbocycles. The van der Waals surface area contributed by atoms with Crippen molar-refractivity contribution in [2.45, 2.75) is 17.7 Å². The van der Waals surface area contributed by atoms with Gasteiger partial charge in [-0.2, -0.15) is 8.42 Å². The van der Waals surface area contributed by atoms with Gasteiger partial charge in [-0.15, -0.1) is 27.1 Å². The van der Waals surface area contributed by atoms with Gasteiger partial charge in [0.15, 0.2) is 0 Å². The van der Waals surface area contributed by atoms with E-state index in [0.29, 0.717) is 22.7 Å². The zero-order valence-corrected chi connectivity index (χ0v) is 20.1. The monoisotopic (exact) mass is 496 g/mol. The van der Waals surface area contributed by atoms with Gasteiger partial charge in [0.2, 0.25) is 4.80 Å². The first kappa shape index (κ1) is 22.9. The first-order valence-corrected chi connectivity index (χ1v) is 13.2. The van der Waals surface area contributed by atoms with Gasteiger partial charge in [-0.05, 0) is 60.3 Å². The molecule has 0 bridgehead atoms. The number of carbonyl (C=O) groups excluding carboxylic acids is 1. The number of aromatic nitrogens is 1. The summed E-state index contributed by atoms with van der Waals surface area (Å²) in [5.74, 6) is -0.00470. The maximum atomic E-state index is 12.7. The van der Waals surface area contributed by atoms with Gasteiger partial charge in [0.25, 0.3) is 10.0 Å². The highest BCUT2D eigenvalue weighted by Gasteiger charge is 2.16. The van der Waals surface area contributed by atoms with Crippen molar-refractivity contribution in [2.75, 3.05) is 0 Å². The Morgan fingerprint density at radius 3 is 2.45 bits per heavy atom. The topological polar surface area (TPSA) is 77.7 Å². The molecular formula is C24H20N2O4S3. The minimum Gasteiger partial charge on any atom is -0.423 e. The fourth-order valence-electron chi connectivity index (χ4n) is 3.01. The Kier molecular flexibility index (Phi) is 7.02. The number of benzene rings is 2. The fraction of sp³-hybridized carbons (Fsp3) is 0.0833. The zero-order chi connectivity index (χ0) is 23.3. The molecule has 168 valence electrons. The summed E-state index contributed by atoms with van der Waals surface area (Å²) in [6.45, 7) is 2.38. The van der Waals surface area contributed by atoms with Crippen LogP contribution in [-0.4, -0.2) is 19.0 Å². The van der Waals surface area contributed by atoms with Crippen LogP contribution in [0.4, 0.5) is 0 Å². The van der Waals surface area contributed by atoms with E-state index in [9.17, 15) is 13.2 Å². The Balaban J connectivity index is 1.65. The van der Waals surface area contributed by atoms with Gasteiger partial charge in [0.1, 0.15) is 9.96 Å². The van der Waals surface area contributed by atoms with Gasteiger partial charge in [-0.1, -0.05) is 36.4 Å². The lowest BCUT2D eigenvalue weighted by Crippen LogP contribution is -2.17. The molecule has 9 heteroatoms. The molecule has 0 unspecified atom stereocenters. The van der Waals surface area contributed by atoms with Crippen LogP contribution in [0.25, 0.3) is 11.3 Å². The second kappa shape index (κ2) is 10.1. The van der Waals surface area contributed by atoms with E-state index in [-0.39, 0.29) is 4.21 Å². The second-order valence-corrected chi connectivity index (χ2v) is 10.5. The van der Waals surface area contributed by atoms with Crippen molar-refractivity contribution in [3.63, 3.8) is 0 Å². The maximum Gasteiger partial charge on any atom is 0.343 e. The number of thiophene rings is 1. The summed E-state index contributed by atoms with van der Waals surface area (Å²) in [6, 6.07) is 19.1. The number of hydrogen-bond acceptors (Lipinski definition) is 6. The first-order chi connectivity index (χ1) is 16.0. The van der Waals surface area contributed by atoms with Crippen LogP contribution in [0.2, 0.25) is 0 Å². The van der Waals surface area contributed by atoms with Crippen LogP contribution in [0.5, 0.6) is 5.75 Å². The molecule has 0 aliphatic rings. The lowest BCUT2D eigenvalue weighted by molar-refractivity contribution is 0.0734. The van der Waals surface area contributed by atoms with Gasteiger partial charge in [-0.3, -0.25) is 0 Å². The number of ether oxygens (including phenoxy) is 1. The second-order valence-electron chi connectivity index (χ2n) is 6.86. The quantitative estimate of drug-likeness (QED) is 0.196. The summed E-state index contributed by atoms with van der Waals surface area (Å²) < 4.78 is 36.9. The molecule has 0 saturated heterocycles. The smallest absolute Gasteiger partial charge is 0.343 e. The molecule has 2 aromatic heterocycles. The third-order valence-electron chi connectivity index (χ3n) is 4.64. The van der Waals surface area contributed by atoms with Gasteiger partial charge in [-0.25, -0.2) is 4.79 Å². The molecule has 0 spiro atoms. The molecule has 4 aromatic rings. The normalized spacial score (nSPS) is 12.3. The first-order valence-electron chi connectivity index (χ1n) is 9.99. The van der Waals surface area contributed by atoms with Crippen molar-refractivity contribution in [3.8, 4) is 17.0 Å². The third kappa shape index (κ3) is 5.39. The van der Waals surface area contributed by atoms with Crippen LogP contribution in [0, 0.1) is 0 Å². The molecule has 0 radical (unpaired) electrons. The highest BCUT2D eigenvalue weighted by atomic mass is 32.2. The Bertz CT molecular complexity index is 1430. The lowest BCUT2D eigenvalue weighted by atomic mass is 10.1. The average Bonchev–Trinajstić information content (AvgIpc) is 3.50. The number of sulfonamides is 1. The number of carbonyl (C=O) groups is 1. The molecule has 0 amide bonds. The van der Waals surface area contributed by atoms with Crippen molar-refractivity contribution in [1.29, 1.82) is 0 Å². The maximum absolute atomic E-state index is 12.7. The number of thiazole rings is 1. The molecule has 0 aliphatic carbocycles. The Hall–Kier alpha value is -3.27. The summed E-state index contributed by atoms with van der Waals surface area (Å²) in [5.41, 5.74) is 2.14. The summed E-state index contributed by atoms with van der Waals surface area (Å²) in [6.07, 6.45) is 3.83. The number of rotatable bonds is 7. The summed E-state index contributed by atoms with van der Waals surface area (Å²) in [4.78, 5) is 12.7. The van der Waals surface area contributed by atoms with Crippen LogP contribution < -0.4 is 9.54 Å². The molecule has 4 rings (SSSR count). The van der Waals surface area contributed by atoms with E-state index in [2.05, 4.69) is 4.40 Å². The number of nitrogens with zero attached hydrogens (tertiary/aromatic N) is 2. The number of esters is 1. The molecule has 2 aromatic carbocycles. The van der Waals surface area contributed by atoms with E-state index >= 15 is 0 Å². The van der Waals surface area contributed by atoms with Gasteiger partial charge in [0, 0.05) is 11.9 Å². The summed E-state index contributed by atoms with van der Waals surface area (Å²) in [5, 5.41) is 3.58. The Labute approximate surface area is 199 Å². The number of allylic oxidation sites excluding steroid dienone is 2. The molecule has 0 N–H and O–H groups in total. The Morgan fingerprint density at radius 2 is 1.79 bits per heavy atom. The molecule has 6 nitrogen and oxygen atoms in total. The summed E-state index contributed by atoms with van der Waals surface area (Å²) >= 11 is 2.40. The molecule has 0 aliphatic heterocycles. The highest BCUT2D eigenvalue weighted by molar-refractivity contribution is 7.92. The van der Waals surface area contributed by atoms with Crippen molar-refractivity contribution in [2.24, 2.45) is 4.40 Å². The summed E-state index contributed by atoms with van der Waals surface area (Å²) in [7, 11) is -3.78. The minimum atomic E-state index is -3.78. The van der Waals surface area contributed by atoms with Gasteiger partial charge >= 0.3 is 5.97 Å². The van der Waals surface area contributed by atoms with E-state index in [1.165, 1.54) is 11.3 Å². The number of hydrogen-bond donors (Lipinski definition) is 0. The van der Waals surface area contributed by atoms with E-state index in [0.717, 1.165) is 22.6 Å². The predicted molar refractivity (Wildman–Crippen MR) is 131 cm³/mol. The third-order valence-corrected chi connectivity index (χ3v) is 8.26. The highest BCUT2D eigenvalue weighted by Crippen LogP contribution is 2.25. The SMILES string of the molecule is C/C=C/Cn1c(-c2ccc(OC(=O)c3ccccc3)cc2)cs/c1=N\S(=O)(=O)c1cccs1. The van der Waals surface area contributed by atoms with Crippen molar-refractivity contribution in [1.82, 2.24) is 4.57 Å². The van der Waals surface area contributed by atoms with Crippen LogP contribution >= 0.6 is 22.7 Å². The minimum absolute atomic E-state index is 0.208.